The smallest absolute Gasteiger partial charge is 0.263 e. The molecule has 0 radical (unpaired) electrons. The SMILES string of the molecule is CCCc1sc(C(=O)N2CCC(N3CCNCC3)C2)cc1CC.Cl. The molecule has 1 amide bonds. The second-order valence-electron chi connectivity index (χ2n) is 6.64. The van der Waals surface area contributed by atoms with Gasteiger partial charge < -0.3 is 10.2 Å². The summed E-state index contributed by atoms with van der Waals surface area (Å²) in [5, 5.41) is 3.40. The summed E-state index contributed by atoms with van der Waals surface area (Å²) in [6.07, 6.45) is 4.41. The van der Waals surface area contributed by atoms with Gasteiger partial charge in [0.15, 0.2) is 0 Å². The van der Waals surface area contributed by atoms with Gasteiger partial charge in [0.1, 0.15) is 0 Å². The summed E-state index contributed by atoms with van der Waals surface area (Å²) in [5.74, 6) is 0.254. The number of halogens is 1. The predicted molar refractivity (Wildman–Crippen MR) is 104 cm³/mol. The maximum atomic E-state index is 12.9. The zero-order chi connectivity index (χ0) is 16.2. The van der Waals surface area contributed by atoms with Crippen molar-refractivity contribution in [2.75, 3.05) is 39.3 Å². The number of aryl methyl sites for hydroxylation is 2. The molecule has 1 N–H and O–H groups in total. The number of hydrogen-bond acceptors (Lipinski definition) is 4. The van der Waals surface area contributed by atoms with Gasteiger partial charge in [0.2, 0.25) is 0 Å². The van der Waals surface area contributed by atoms with Crippen molar-refractivity contribution >= 4 is 29.7 Å². The van der Waals surface area contributed by atoms with Crippen LogP contribution >= 0.6 is 23.7 Å². The first kappa shape index (κ1) is 19.7. The van der Waals surface area contributed by atoms with Crippen LogP contribution in [0.25, 0.3) is 0 Å². The van der Waals surface area contributed by atoms with Crippen LogP contribution in [0, 0.1) is 0 Å². The van der Waals surface area contributed by atoms with Crippen molar-refractivity contribution in [2.24, 2.45) is 0 Å². The van der Waals surface area contributed by atoms with Gasteiger partial charge in [-0.15, -0.1) is 23.7 Å². The first-order valence-electron chi connectivity index (χ1n) is 9.08. The van der Waals surface area contributed by atoms with Gasteiger partial charge in [-0.3, -0.25) is 9.69 Å². The lowest BCUT2D eigenvalue weighted by atomic mass is 10.1. The van der Waals surface area contributed by atoms with Gasteiger partial charge in [0.05, 0.1) is 4.88 Å². The maximum absolute atomic E-state index is 12.9. The summed E-state index contributed by atoms with van der Waals surface area (Å²) in [6.45, 7) is 10.6. The zero-order valence-electron chi connectivity index (χ0n) is 14.8. The third-order valence-electron chi connectivity index (χ3n) is 5.08. The van der Waals surface area contributed by atoms with Gasteiger partial charge in [-0.2, -0.15) is 0 Å². The number of amides is 1. The molecule has 0 aliphatic carbocycles. The normalized spacial score (nSPS) is 21.8. The fourth-order valence-electron chi connectivity index (χ4n) is 3.74. The van der Waals surface area contributed by atoms with Crippen molar-refractivity contribution in [3.8, 4) is 0 Å². The number of likely N-dealkylation sites (tertiary alicyclic amines) is 1. The van der Waals surface area contributed by atoms with E-state index >= 15 is 0 Å². The molecule has 1 aromatic rings. The Morgan fingerprint density at radius 3 is 2.71 bits per heavy atom. The Labute approximate surface area is 156 Å². The third-order valence-corrected chi connectivity index (χ3v) is 6.31. The number of piperazine rings is 1. The largest absolute Gasteiger partial charge is 0.336 e. The Kier molecular flexibility index (Phi) is 7.54. The number of carbonyl (C=O) groups excluding carboxylic acids is 1. The number of hydrogen-bond donors (Lipinski definition) is 1. The van der Waals surface area contributed by atoms with Crippen molar-refractivity contribution in [1.82, 2.24) is 15.1 Å². The molecule has 1 atom stereocenters. The fraction of sp³-hybridized carbons (Fsp3) is 0.722. The fourth-order valence-corrected chi connectivity index (χ4v) is 5.06. The lowest BCUT2D eigenvalue weighted by Gasteiger charge is -2.32. The first-order chi connectivity index (χ1) is 11.2. The van der Waals surface area contributed by atoms with Gasteiger partial charge in [-0.25, -0.2) is 0 Å². The molecular weight excluding hydrogens is 342 g/mol. The number of nitrogens with one attached hydrogen (secondary N) is 1. The number of rotatable bonds is 5. The predicted octanol–water partition coefficient (Wildman–Crippen LogP) is 2.80. The van der Waals surface area contributed by atoms with Gasteiger partial charge in [-0.05, 0) is 30.9 Å². The highest BCUT2D eigenvalue weighted by Gasteiger charge is 2.32. The van der Waals surface area contributed by atoms with E-state index in [1.165, 1.54) is 10.4 Å². The second-order valence-corrected chi connectivity index (χ2v) is 7.78. The highest BCUT2D eigenvalue weighted by atomic mass is 35.5. The van der Waals surface area contributed by atoms with Crippen LogP contribution in [0.5, 0.6) is 0 Å². The summed E-state index contributed by atoms with van der Waals surface area (Å²) in [5.41, 5.74) is 1.37. The van der Waals surface area contributed by atoms with E-state index in [4.69, 9.17) is 0 Å². The molecular formula is C18H30ClN3OS. The van der Waals surface area contributed by atoms with E-state index in [1.54, 1.807) is 11.3 Å². The van der Waals surface area contributed by atoms with Crippen LogP contribution < -0.4 is 5.32 Å². The van der Waals surface area contributed by atoms with Crippen LogP contribution in [-0.2, 0) is 12.8 Å². The Balaban J connectivity index is 0.00000208. The lowest BCUT2D eigenvalue weighted by molar-refractivity contribution is 0.0778. The van der Waals surface area contributed by atoms with Crippen LogP contribution in [0.4, 0.5) is 0 Å². The average molecular weight is 372 g/mol. The molecule has 3 heterocycles. The minimum atomic E-state index is 0. The van der Waals surface area contributed by atoms with Crippen LogP contribution in [0.15, 0.2) is 6.07 Å². The van der Waals surface area contributed by atoms with Crippen LogP contribution in [0.1, 0.15) is 46.8 Å². The quantitative estimate of drug-likeness (QED) is 0.864. The highest BCUT2D eigenvalue weighted by Crippen LogP contribution is 2.27. The average Bonchev–Trinajstić information content (AvgIpc) is 3.22. The molecule has 3 rings (SSSR count). The first-order valence-corrected chi connectivity index (χ1v) is 9.90. The van der Waals surface area contributed by atoms with Crippen LogP contribution in [0.3, 0.4) is 0 Å². The molecule has 1 aromatic heterocycles. The molecule has 2 aliphatic rings. The van der Waals surface area contributed by atoms with E-state index in [-0.39, 0.29) is 18.3 Å². The Morgan fingerprint density at radius 2 is 2.04 bits per heavy atom. The van der Waals surface area contributed by atoms with Crippen LogP contribution in [0.2, 0.25) is 0 Å². The summed E-state index contributed by atoms with van der Waals surface area (Å²) in [6, 6.07) is 2.71. The molecule has 136 valence electrons. The molecule has 0 aromatic carbocycles. The van der Waals surface area contributed by atoms with E-state index in [9.17, 15) is 4.79 Å². The number of nitrogens with zero attached hydrogens (tertiary/aromatic N) is 2. The standard InChI is InChI=1S/C18H29N3OS.ClH/c1-3-5-16-14(4-2)12-17(23-16)18(22)21-9-6-15(13-21)20-10-7-19-8-11-20;/h12,15,19H,3-11,13H2,1-2H3;1H. The third kappa shape index (κ3) is 4.31. The molecule has 0 saturated carbocycles. The van der Waals surface area contributed by atoms with Gasteiger partial charge >= 0.3 is 0 Å². The molecule has 0 bridgehead atoms. The van der Waals surface area contributed by atoms with E-state index < -0.39 is 0 Å². The summed E-state index contributed by atoms with van der Waals surface area (Å²) >= 11 is 1.73. The monoisotopic (exact) mass is 371 g/mol. The zero-order valence-corrected chi connectivity index (χ0v) is 16.5. The summed E-state index contributed by atoms with van der Waals surface area (Å²) in [4.78, 5) is 19.9. The molecule has 2 saturated heterocycles. The highest BCUT2D eigenvalue weighted by molar-refractivity contribution is 7.14. The Hall–Kier alpha value is -0.620. The van der Waals surface area contributed by atoms with E-state index in [2.05, 4.69) is 35.0 Å². The molecule has 2 aliphatic heterocycles. The van der Waals surface area contributed by atoms with Gasteiger partial charge in [0.25, 0.3) is 5.91 Å². The van der Waals surface area contributed by atoms with E-state index in [0.717, 1.165) is 69.8 Å². The Bertz CT molecular complexity index is 542. The molecule has 1 unspecified atom stereocenters. The summed E-state index contributed by atoms with van der Waals surface area (Å²) < 4.78 is 0. The van der Waals surface area contributed by atoms with Crippen molar-refractivity contribution in [3.63, 3.8) is 0 Å². The van der Waals surface area contributed by atoms with Crippen molar-refractivity contribution in [2.45, 2.75) is 45.6 Å². The molecule has 24 heavy (non-hydrogen) atoms. The maximum Gasteiger partial charge on any atom is 0.263 e. The second kappa shape index (κ2) is 9.18. The minimum absolute atomic E-state index is 0. The van der Waals surface area contributed by atoms with E-state index in [1.807, 2.05) is 0 Å². The number of thiophene rings is 1. The van der Waals surface area contributed by atoms with Gasteiger partial charge in [0, 0.05) is 50.2 Å². The van der Waals surface area contributed by atoms with Crippen LogP contribution in [-0.4, -0.2) is 61.0 Å². The lowest BCUT2D eigenvalue weighted by Crippen LogP contribution is -2.49. The number of carbonyl (C=O) groups is 1. The van der Waals surface area contributed by atoms with E-state index in [0.29, 0.717) is 6.04 Å². The van der Waals surface area contributed by atoms with Crippen molar-refractivity contribution in [3.05, 3.63) is 21.4 Å². The van der Waals surface area contributed by atoms with Gasteiger partial charge in [-0.1, -0.05) is 20.3 Å². The molecule has 0 spiro atoms. The minimum Gasteiger partial charge on any atom is -0.336 e. The molecule has 6 heteroatoms. The topological polar surface area (TPSA) is 35.6 Å². The molecule has 2 fully saturated rings. The summed E-state index contributed by atoms with van der Waals surface area (Å²) in [7, 11) is 0. The molecule has 4 nitrogen and oxygen atoms in total. The Morgan fingerprint density at radius 1 is 1.29 bits per heavy atom. The van der Waals surface area contributed by atoms with Crippen molar-refractivity contribution in [1.29, 1.82) is 0 Å². The van der Waals surface area contributed by atoms with Crippen molar-refractivity contribution < 1.29 is 4.79 Å².